The third kappa shape index (κ3) is 3.73. The van der Waals surface area contributed by atoms with E-state index in [1.54, 1.807) is 6.07 Å². The van der Waals surface area contributed by atoms with E-state index in [0.717, 1.165) is 18.3 Å². The highest BCUT2D eigenvalue weighted by molar-refractivity contribution is 5.80. The van der Waals surface area contributed by atoms with Crippen LogP contribution in [0.3, 0.4) is 0 Å². The number of halogens is 3. The Morgan fingerprint density at radius 3 is 2.83 bits per heavy atom. The number of nitrogens with one attached hydrogen (secondary N) is 1. The van der Waals surface area contributed by atoms with E-state index in [1.165, 1.54) is 6.92 Å². The maximum Gasteiger partial charge on any atom is 0.416 e. The van der Waals surface area contributed by atoms with Gasteiger partial charge in [0, 0.05) is 6.20 Å². The number of nitriles is 1. The van der Waals surface area contributed by atoms with Crippen LogP contribution >= 0.6 is 0 Å². The van der Waals surface area contributed by atoms with Crippen molar-refractivity contribution in [2.24, 2.45) is 5.92 Å². The lowest BCUT2D eigenvalue weighted by Crippen LogP contribution is -2.28. The van der Waals surface area contributed by atoms with Crippen molar-refractivity contribution >= 4 is 5.91 Å². The van der Waals surface area contributed by atoms with E-state index in [4.69, 9.17) is 5.26 Å². The molecule has 96 valence electrons. The molecule has 7 heteroatoms. The first-order chi connectivity index (χ1) is 8.34. The van der Waals surface area contributed by atoms with Crippen molar-refractivity contribution in [1.29, 1.82) is 5.26 Å². The highest BCUT2D eigenvalue weighted by Gasteiger charge is 2.30. The number of nitrogens with zero attached hydrogens (tertiary/aromatic N) is 2. The molecular weight excluding hydrogens is 247 g/mol. The van der Waals surface area contributed by atoms with Crippen molar-refractivity contribution < 1.29 is 18.0 Å². The monoisotopic (exact) mass is 257 g/mol. The number of hydrogen-bond donors (Lipinski definition) is 1. The maximum atomic E-state index is 12.4. The minimum Gasteiger partial charge on any atom is -0.349 e. The van der Waals surface area contributed by atoms with Crippen LogP contribution in [0.2, 0.25) is 0 Å². The van der Waals surface area contributed by atoms with Crippen molar-refractivity contribution in [3.63, 3.8) is 0 Å². The lowest BCUT2D eigenvalue weighted by Gasteiger charge is -2.09. The molecule has 0 fully saturated rings. The second kappa shape index (κ2) is 5.49. The van der Waals surface area contributed by atoms with Crippen molar-refractivity contribution in [3.8, 4) is 6.07 Å². The van der Waals surface area contributed by atoms with Gasteiger partial charge in [0.25, 0.3) is 0 Å². The molecule has 0 saturated heterocycles. The summed E-state index contributed by atoms with van der Waals surface area (Å²) in [5.74, 6) is -1.40. The van der Waals surface area contributed by atoms with Crippen LogP contribution in [0.1, 0.15) is 18.2 Å². The van der Waals surface area contributed by atoms with E-state index >= 15 is 0 Å². The van der Waals surface area contributed by atoms with Crippen LogP contribution in [-0.2, 0) is 17.5 Å². The fourth-order valence-electron chi connectivity index (χ4n) is 1.14. The first-order valence-corrected chi connectivity index (χ1v) is 5.04. The highest BCUT2D eigenvalue weighted by atomic mass is 19.4. The molecule has 0 bridgehead atoms. The molecule has 0 aliphatic carbocycles. The Labute approximate surface area is 101 Å². The van der Waals surface area contributed by atoms with Gasteiger partial charge in [0.2, 0.25) is 5.91 Å². The van der Waals surface area contributed by atoms with Crippen molar-refractivity contribution in [2.45, 2.75) is 19.6 Å². The van der Waals surface area contributed by atoms with Crippen molar-refractivity contribution in [2.75, 3.05) is 0 Å². The van der Waals surface area contributed by atoms with E-state index in [-0.39, 0.29) is 12.2 Å². The number of amides is 1. The third-order valence-corrected chi connectivity index (χ3v) is 2.17. The molecule has 4 nitrogen and oxygen atoms in total. The number of pyridine rings is 1. The van der Waals surface area contributed by atoms with Crippen LogP contribution in [0.5, 0.6) is 0 Å². The zero-order valence-electron chi connectivity index (χ0n) is 9.45. The summed E-state index contributed by atoms with van der Waals surface area (Å²) in [6, 6.07) is 3.43. The van der Waals surface area contributed by atoms with Crippen LogP contribution in [0.25, 0.3) is 0 Å². The number of hydrogen-bond acceptors (Lipinski definition) is 3. The van der Waals surface area contributed by atoms with Gasteiger partial charge in [-0.3, -0.25) is 9.78 Å². The molecule has 1 aromatic rings. The molecule has 1 rings (SSSR count). The number of rotatable bonds is 3. The van der Waals surface area contributed by atoms with Gasteiger partial charge in [0.15, 0.2) is 0 Å². The zero-order valence-corrected chi connectivity index (χ0v) is 9.45. The first-order valence-electron chi connectivity index (χ1n) is 5.04. The van der Waals surface area contributed by atoms with Crippen LogP contribution in [0, 0.1) is 17.2 Å². The summed E-state index contributed by atoms with van der Waals surface area (Å²) in [5, 5.41) is 10.8. The van der Waals surface area contributed by atoms with Crippen molar-refractivity contribution in [1.82, 2.24) is 10.3 Å². The van der Waals surface area contributed by atoms with Gasteiger partial charge in [-0.25, -0.2) is 0 Å². The first kappa shape index (κ1) is 14.0. The topological polar surface area (TPSA) is 65.8 Å². The quantitative estimate of drug-likeness (QED) is 0.899. The van der Waals surface area contributed by atoms with Gasteiger partial charge in [-0.2, -0.15) is 18.4 Å². The molecule has 0 aliphatic rings. The minimum atomic E-state index is -4.44. The zero-order chi connectivity index (χ0) is 13.8. The standard InChI is InChI=1S/C11H10F3N3O/c1-7(5-15)10(18)17-6-9-4-8(2-3-16-9)11(12,13)14/h2-4,7H,6H2,1H3,(H,17,18). The molecule has 0 aliphatic heterocycles. The molecule has 0 spiro atoms. The van der Waals surface area contributed by atoms with Gasteiger partial charge in [0.1, 0.15) is 5.92 Å². The maximum absolute atomic E-state index is 12.4. The number of carbonyl (C=O) groups is 1. The van der Waals surface area contributed by atoms with Crippen LogP contribution < -0.4 is 5.32 Å². The SMILES string of the molecule is CC(C#N)C(=O)NCc1cc(C(F)(F)F)ccn1. The largest absolute Gasteiger partial charge is 0.416 e. The number of carbonyl (C=O) groups excluding carboxylic acids is 1. The van der Waals surface area contributed by atoms with Crippen LogP contribution in [0.4, 0.5) is 13.2 Å². The summed E-state index contributed by atoms with van der Waals surface area (Å²) >= 11 is 0. The number of aromatic nitrogens is 1. The molecule has 1 aromatic heterocycles. The van der Waals surface area contributed by atoms with E-state index in [9.17, 15) is 18.0 Å². The van der Waals surface area contributed by atoms with Gasteiger partial charge in [-0.15, -0.1) is 0 Å². The summed E-state index contributed by atoms with van der Waals surface area (Å²) < 4.78 is 37.2. The fourth-order valence-corrected chi connectivity index (χ4v) is 1.14. The Hall–Kier alpha value is -2.10. The van der Waals surface area contributed by atoms with Gasteiger partial charge in [-0.1, -0.05) is 0 Å². The summed E-state index contributed by atoms with van der Waals surface area (Å²) in [6.07, 6.45) is -3.42. The summed E-state index contributed by atoms with van der Waals surface area (Å²) in [6.45, 7) is 1.25. The Bertz CT molecular complexity index is 479. The molecule has 0 aromatic carbocycles. The molecular formula is C11H10F3N3O. The van der Waals surface area contributed by atoms with E-state index in [2.05, 4.69) is 10.3 Å². The summed E-state index contributed by atoms with van der Waals surface area (Å²) in [5.41, 5.74) is -0.738. The molecule has 1 heterocycles. The molecule has 1 N–H and O–H groups in total. The fraction of sp³-hybridized carbons (Fsp3) is 0.364. The van der Waals surface area contributed by atoms with Gasteiger partial charge >= 0.3 is 6.18 Å². The second-order valence-electron chi connectivity index (χ2n) is 3.60. The molecule has 1 unspecified atom stereocenters. The Morgan fingerprint density at radius 1 is 1.61 bits per heavy atom. The third-order valence-electron chi connectivity index (χ3n) is 2.17. The van der Waals surface area contributed by atoms with Gasteiger partial charge in [0.05, 0.1) is 23.9 Å². The van der Waals surface area contributed by atoms with Crippen LogP contribution in [0.15, 0.2) is 18.3 Å². The van der Waals surface area contributed by atoms with E-state index in [0.29, 0.717) is 0 Å². The summed E-state index contributed by atoms with van der Waals surface area (Å²) in [7, 11) is 0. The lowest BCUT2D eigenvalue weighted by atomic mass is 10.2. The predicted octanol–water partition coefficient (Wildman–Crippen LogP) is 1.88. The normalized spacial score (nSPS) is 12.6. The average Bonchev–Trinajstić information content (AvgIpc) is 2.34. The Kier molecular flexibility index (Phi) is 4.26. The Morgan fingerprint density at radius 2 is 2.28 bits per heavy atom. The van der Waals surface area contributed by atoms with E-state index in [1.807, 2.05) is 0 Å². The van der Waals surface area contributed by atoms with Crippen LogP contribution in [-0.4, -0.2) is 10.9 Å². The summed E-state index contributed by atoms with van der Waals surface area (Å²) in [4.78, 5) is 15.0. The molecule has 18 heavy (non-hydrogen) atoms. The number of alkyl halides is 3. The molecule has 1 amide bonds. The van der Waals surface area contributed by atoms with Gasteiger partial charge in [-0.05, 0) is 19.1 Å². The average molecular weight is 257 g/mol. The van der Waals surface area contributed by atoms with Crippen molar-refractivity contribution in [3.05, 3.63) is 29.6 Å². The molecule has 1 atom stereocenters. The highest BCUT2D eigenvalue weighted by Crippen LogP contribution is 2.28. The molecule has 0 saturated carbocycles. The van der Waals surface area contributed by atoms with E-state index < -0.39 is 23.6 Å². The second-order valence-corrected chi connectivity index (χ2v) is 3.60. The Balaban J connectivity index is 2.70. The molecule has 0 radical (unpaired) electrons. The lowest BCUT2D eigenvalue weighted by molar-refractivity contribution is -0.137. The predicted molar refractivity (Wildman–Crippen MR) is 55.9 cm³/mol. The smallest absolute Gasteiger partial charge is 0.349 e. The minimum absolute atomic E-state index is 0.0864. The van der Waals surface area contributed by atoms with Gasteiger partial charge < -0.3 is 5.32 Å².